The molecule has 1 aliphatic heterocycles. The third-order valence-electron chi connectivity index (χ3n) is 3.26. The van der Waals surface area contributed by atoms with Crippen LogP contribution in [0, 0.1) is 0 Å². The van der Waals surface area contributed by atoms with E-state index in [2.05, 4.69) is 22.9 Å². The van der Waals surface area contributed by atoms with Gasteiger partial charge in [0, 0.05) is 18.2 Å². The van der Waals surface area contributed by atoms with E-state index in [9.17, 15) is 9.90 Å². The van der Waals surface area contributed by atoms with Crippen LogP contribution < -0.4 is 0 Å². The molecular weight excluding hydrogens is 282 g/mol. The Morgan fingerprint density at radius 1 is 1.47 bits per heavy atom. The molecule has 1 fully saturated rings. The van der Waals surface area contributed by atoms with Crippen LogP contribution in [0.15, 0.2) is 22.7 Å². The van der Waals surface area contributed by atoms with E-state index in [1.54, 1.807) is 12.1 Å². The van der Waals surface area contributed by atoms with E-state index in [0.29, 0.717) is 16.1 Å². The lowest BCUT2D eigenvalue weighted by molar-refractivity contribution is 0.0635. The summed E-state index contributed by atoms with van der Waals surface area (Å²) in [4.78, 5) is 14.2. The van der Waals surface area contributed by atoms with E-state index < -0.39 is 0 Å². The number of likely N-dealkylation sites (tertiary alicyclic amines) is 1. The Labute approximate surface area is 110 Å². The summed E-state index contributed by atoms with van der Waals surface area (Å²) in [5.74, 6) is 0.125. The molecule has 4 heteroatoms. The molecule has 0 saturated carbocycles. The second-order valence-corrected chi connectivity index (χ2v) is 5.36. The molecule has 1 atom stereocenters. The zero-order valence-corrected chi connectivity index (χ0v) is 11.4. The number of phenols is 1. The Bertz CT molecular complexity index is 433. The van der Waals surface area contributed by atoms with Gasteiger partial charge in [0.1, 0.15) is 5.75 Å². The van der Waals surface area contributed by atoms with Crippen LogP contribution in [-0.4, -0.2) is 28.5 Å². The highest BCUT2D eigenvalue weighted by Gasteiger charge is 2.24. The molecular formula is C13H16BrNO2. The van der Waals surface area contributed by atoms with Crippen molar-refractivity contribution in [1.82, 2.24) is 4.90 Å². The topological polar surface area (TPSA) is 40.5 Å². The Morgan fingerprint density at radius 3 is 2.88 bits per heavy atom. The summed E-state index contributed by atoms with van der Waals surface area (Å²) in [6.45, 7) is 2.90. The van der Waals surface area contributed by atoms with Crippen LogP contribution in [0.3, 0.4) is 0 Å². The highest BCUT2D eigenvalue weighted by molar-refractivity contribution is 9.10. The first-order chi connectivity index (χ1) is 8.09. The first-order valence-corrected chi connectivity index (χ1v) is 6.68. The van der Waals surface area contributed by atoms with Crippen molar-refractivity contribution in [1.29, 1.82) is 0 Å². The first kappa shape index (κ1) is 12.4. The van der Waals surface area contributed by atoms with Crippen molar-refractivity contribution in [3.05, 3.63) is 28.2 Å². The van der Waals surface area contributed by atoms with Crippen molar-refractivity contribution >= 4 is 21.8 Å². The molecule has 1 unspecified atom stereocenters. The molecule has 3 nitrogen and oxygen atoms in total. The summed E-state index contributed by atoms with van der Waals surface area (Å²) in [6.07, 6.45) is 3.32. The van der Waals surface area contributed by atoms with E-state index in [-0.39, 0.29) is 11.7 Å². The molecule has 1 aliphatic rings. The molecule has 0 aromatic heterocycles. The molecule has 2 rings (SSSR count). The first-order valence-electron chi connectivity index (χ1n) is 5.89. The van der Waals surface area contributed by atoms with E-state index >= 15 is 0 Å². The minimum atomic E-state index is 0.0139. The van der Waals surface area contributed by atoms with Gasteiger partial charge in [-0.05, 0) is 60.3 Å². The summed E-state index contributed by atoms with van der Waals surface area (Å²) in [5, 5.41) is 9.60. The Kier molecular flexibility index (Phi) is 3.72. The van der Waals surface area contributed by atoms with E-state index in [1.807, 2.05) is 4.90 Å². The maximum Gasteiger partial charge on any atom is 0.254 e. The number of amides is 1. The van der Waals surface area contributed by atoms with Gasteiger partial charge in [0.05, 0.1) is 4.47 Å². The van der Waals surface area contributed by atoms with Gasteiger partial charge in [-0.3, -0.25) is 4.79 Å². The van der Waals surface area contributed by atoms with Gasteiger partial charge in [0.15, 0.2) is 0 Å². The minimum Gasteiger partial charge on any atom is -0.507 e. The quantitative estimate of drug-likeness (QED) is 0.865. The number of benzene rings is 1. The van der Waals surface area contributed by atoms with Gasteiger partial charge in [-0.15, -0.1) is 0 Å². The Morgan fingerprint density at radius 2 is 2.24 bits per heavy atom. The maximum absolute atomic E-state index is 12.3. The summed E-state index contributed by atoms with van der Waals surface area (Å²) in [5.41, 5.74) is 0.555. The number of hydrogen-bond acceptors (Lipinski definition) is 2. The number of nitrogens with zero attached hydrogens (tertiary/aromatic N) is 1. The fourth-order valence-corrected chi connectivity index (χ4v) is 2.46. The van der Waals surface area contributed by atoms with Crippen LogP contribution in [0.2, 0.25) is 0 Å². The van der Waals surface area contributed by atoms with Crippen LogP contribution in [-0.2, 0) is 0 Å². The lowest BCUT2D eigenvalue weighted by Gasteiger charge is -2.33. The molecule has 1 aromatic rings. The van der Waals surface area contributed by atoms with E-state index in [1.165, 1.54) is 12.5 Å². The number of phenolic OH excluding ortho intramolecular Hbond substituents is 1. The Hall–Kier alpha value is -1.03. The maximum atomic E-state index is 12.3. The fourth-order valence-electron chi connectivity index (χ4n) is 2.21. The predicted octanol–water partition coefficient (Wildman–Crippen LogP) is 3.17. The third kappa shape index (κ3) is 2.63. The van der Waals surface area contributed by atoms with E-state index in [4.69, 9.17) is 0 Å². The molecule has 92 valence electrons. The van der Waals surface area contributed by atoms with Crippen LogP contribution in [0.5, 0.6) is 5.75 Å². The number of carbonyl (C=O) groups is 1. The number of rotatable bonds is 1. The Balaban J connectivity index is 2.21. The molecule has 1 amide bonds. The largest absolute Gasteiger partial charge is 0.507 e. The molecule has 1 saturated heterocycles. The fraction of sp³-hybridized carbons (Fsp3) is 0.462. The van der Waals surface area contributed by atoms with Crippen LogP contribution in [0.4, 0.5) is 0 Å². The summed E-state index contributed by atoms with van der Waals surface area (Å²) in [7, 11) is 0. The molecule has 0 aliphatic carbocycles. The summed E-state index contributed by atoms with van der Waals surface area (Å²) in [6, 6.07) is 5.26. The highest BCUT2D eigenvalue weighted by atomic mass is 79.9. The van der Waals surface area contributed by atoms with Gasteiger partial charge in [0.2, 0.25) is 0 Å². The molecule has 0 spiro atoms. The molecule has 1 N–H and O–H groups in total. The normalized spacial score (nSPS) is 20.4. The van der Waals surface area contributed by atoms with Gasteiger partial charge >= 0.3 is 0 Å². The van der Waals surface area contributed by atoms with E-state index in [0.717, 1.165) is 19.4 Å². The highest BCUT2D eigenvalue weighted by Crippen LogP contribution is 2.26. The van der Waals surface area contributed by atoms with Crippen molar-refractivity contribution in [2.75, 3.05) is 6.54 Å². The van der Waals surface area contributed by atoms with Crippen LogP contribution in [0.25, 0.3) is 0 Å². The molecule has 1 aromatic carbocycles. The van der Waals surface area contributed by atoms with Crippen LogP contribution in [0.1, 0.15) is 36.5 Å². The smallest absolute Gasteiger partial charge is 0.254 e. The number of hydrogen-bond donors (Lipinski definition) is 1. The van der Waals surface area contributed by atoms with Crippen molar-refractivity contribution in [3.8, 4) is 5.75 Å². The lowest BCUT2D eigenvalue weighted by atomic mass is 10.0. The van der Waals surface area contributed by atoms with Crippen molar-refractivity contribution < 1.29 is 9.90 Å². The molecule has 1 heterocycles. The number of carbonyl (C=O) groups excluding carboxylic acids is 1. The number of aromatic hydroxyl groups is 1. The third-order valence-corrected chi connectivity index (χ3v) is 3.93. The zero-order valence-electron chi connectivity index (χ0n) is 9.82. The zero-order chi connectivity index (χ0) is 12.4. The standard InChI is InChI=1S/C13H16BrNO2/c1-9-4-2-3-7-15(9)13(17)10-5-6-11(14)12(16)8-10/h5-6,8-9,16H,2-4,7H2,1H3. The van der Waals surface area contributed by atoms with Crippen molar-refractivity contribution in [3.63, 3.8) is 0 Å². The number of piperidine rings is 1. The molecule has 17 heavy (non-hydrogen) atoms. The average molecular weight is 298 g/mol. The van der Waals surface area contributed by atoms with Gasteiger partial charge in [-0.2, -0.15) is 0 Å². The lowest BCUT2D eigenvalue weighted by Crippen LogP contribution is -2.41. The molecule has 0 bridgehead atoms. The monoisotopic (exact) mass is 297 g/mol. The van der Waals surface area contributed by atoms with Gasteiger partial charge in [-0.1, -0.05) is 0 Å². The SMILES string of the molecule is CC1CCCCN1C(=O)c1ccc(Br)c(O)c1. The molecule has 0 radical (unpaired) electrons. The summed E-state index contributed by atoms with van der Waals surface area (Å²) >= 11 is 3.21. The summed E-state index contributed by atoms with van der Waals surface area (Å²) < 4.78 is 0.612. The second-order valence-electron chi connectivity index (χ2n) is 4.51. The second kappa shape index (κ2) is 5.08. The van der Waals surface area contributed by atoms with Gasteiger partial charge in [-0.25, -0.2) is 0 Å². The van der Waals surface area contributed by atoms with Crippen molar-refractivity contribution in [2.45, 2.75) is 32.2 Å². The van der Waals surface area contributed by atoms with Crippen LogP contribution >= 0.6 is 15.9 Å². The van der Waals surface area contributed by atoms with Gasteiger partial charge in [0.25, 0.3) is 5.91 Å². The van der Waals surface area contributed by atoms with Gasteiger partial charge < -0.3 is 10.0 Å². The minimum absolute atomic E-state index is 0.0139. The predicted molar refractivity (Wildman–Crippen MR) is 70.2 cm³/mol. The average Bonchev–Trinajstić information content (AvgIpc) is 2.32. The van der Waals surface area contributed by atoms with Crippen molar-refractivity contribution in [2.24, 2.45) is 0 Å². The number of halogens is 1.